The highest BCUT2D eigenvalue weighted by atomic mass is 32.2. The van der Waals surface area contributed by atoms with Crippen molar-refractivity contribution in [1.82, 2.24) is 5.32 Å². The third-order valence-electron chi connectivity index (χ3n) is 3.05. The van der Waals surface area contributed by atoms with Gasteiger partial charge in [0, 0.05) is 6.54 Å². The molecule has 0 aromatic heterocycles. The number of hydrogen-bond donors (Lipinski definition) is 2. The van der Waals surface area contributed by atoms with Gasteiger partial charge in [0.15, 0.2) is 9.84 Å². The molecule has 1 aromatic carbocycles. The second kappa shape index (κ2) is 6.43. The predicted octanol–water partition coefficient (Wildman–Crippen LogP) is 1.47. The second-order valence-corrected chi connectivity index (χ2v) is 8.55. The molecule has 0 spiro atoms. The van der Waals surface area contributed by atoms with Crippen LogP contribution >= 0.6 is 0 Å². The Morgan fingerprint density at radius 1 is 1.27 bits per heavy atom. The van der Waals surface area contributed by atoms with Crippen molar-refractivity contribution in [3.05, 3.63) is 35.1 Å². The highest BCUT2D eigenvalue weighted by Crippen LogP contribution is 2.15. The van der Waals surface area contributed by atoms with E-state index < -0.39 is 32.3 Å². The summed E-state index contributed by atoms with van der Waals surface area (Å²) in [7, 11) is -3.39. The van der Waals surface area contributed by atoms with Crippen LogP contribution in [0.25, 0.3) is 0 Å². The van der Waals surface area contributed by atoms with E-state index in [0.29, 0.717) is 0 Å². The summed E-state index contributed by atoms with van der Waals surface area (Å²) in [4.78, 5) is 22.5. The van der Waals surface area contributed by atoms with Gasteiger partial charge in [-0.3, -0.25) is 4.79 Å². The highest BCUT2D eigenvalue weighted by molar-refractivity contribution is 7.92. The van der Waals surface area contributed by atoms with Gasteiger partial charge < -0.3 is 10.4 Å². The van der Waals surface area contributed by atoms with Gasteiger partial charge in [-0.25, -0.2) is 17.6 Å². The van der Waals surface area contributed by atoms with Crippen molar-refractivity contribution in [1.29, 1.82) is 0 Å². The van der Waals surface area contributed by atoms with Crippen LogP contribution in [0, 0.1) is 5.82 Å². The molecule has 0 atom stereocenters. The Morgan fingerprint density at radius 2 is 1.86 bits per heavy atom. The van der Waals surface area contributed by atoms with E-state index in [1.807, 2.05) is 0 Å². The van der Waals surface area contributed by atoms with Gasteiger partial charge in [-0.1, -0.05) is 0 Å². The van der Waals surface area contributed by atoms with E-state index in [9.17, 15) is 22.4 Å². The minimum Gasteiger partial charge on any atom is -0.478 e. The predicted molar refractivity (Wildman–Crippen MR) is 79.2 cm³/mol. The lowest BCUT2D eigenvalue weighted by Crippen LogP contribution is -2.36. The molecule has 1 amide bonds. The van der Waals surface area contributed by atoms with Crippen molar-refractivity contribution in [3.8, 4) is 0 Å². The standard InChI is InChI=1S/C14H18FNO5S/c1-14(2,3)22(20,21)7-6-16-12(17)10-5-4-9(13(18)19)8-11(10)15/h4-5,8H,6-7H2,1-3H3,(H,16,17)(H,18,19). The van der Waals surface area contributed by atoms with E-state index in [4.69, 9.17) is 5.11 Å². The summed E-state index contributed by atoms with van der Waals surface area (Å²) in [6.45, 7) is 4.50. The molecule has 0 heterocycles. The summed E-state index contributed by atoms with van der Waals surface area (Å²) in [5.41, 5.74) is -0.609. The lowest BCUT2D eigenvalue weighted by Gasteiger charge is -2.19. The van der Waals surface area contributed by atoms with Crippen LogP contribution in [0.1, 0.15) is 41.5 Å². The molecule has 1 aromatic rings. The number of aromatic carboxylic acids is 1. The Morgan fingerprint density at radius 3 is 2.32 bits per heavy atom. The van der Waals surface area contributed by atoms with E-state index >= 15 is 0 Å². The van der Waals surface area contributed by atoms with Crippen molar-refractivity contribution in [3.63, 3.8) is 0 Å². The number of rotatable bonds is 5. The monoisotopic (exact) mass is 331 g/mol. The number of nitrogens with one attached hydrogen (secondary N) is 1. The van der Waals surface area contributed by atoms with Crippen LogP contribution in [0.4, 0.5) is 4.39 Å². The summed E-state index contributed by atoms with van der Waals surface area (Å²) in [5.74, 6) is -3.34. The van der Waals surface area contributed by atoms with Crippen molar-refractivity contribution < 1.29 is 27.5 Å². The fraction of sp³-hybridized carbons (Fsp3) is 0.429. The first-order chi connectivity index (χ1) is 9.95. The maximum absolute atomic E-state index is 13.7. The van der Waals surface area contributed by atoms with Gasteiger partial charge in [0.2, 0.25) is 0 Å². The first-order valence-electron chi connectivity index (χ1n) is 6.49. The summed E-state index contributed by atoms with van der Waals surface area (Å²) in [6, 6.07) is 2.89. The number of carboxylic acid groups (broad SMARTS) is 1. The van der Waals surface area contributed by atoms with Crippen LogP contribution in [-0.2, 0) is 9.84 Å². The van der Waals surface area contributed by atoms with E-state index in [1.165, 1.54) is 0 Å². The van der Waals surface area contributed by atoms with Crippen LogP contribution in [0.2, 0.25) is 0 Å². The summed E-state index contributed by atoms with van der Waals surface area (Å²) < 4.78 is 36.5. The highest BCUT2D eigenvalue weighted by Gasteiger charge is 2.28. The quantitative estimate of drug-likeness (QED) is 0.851. The number of amides is 1. The third-order valence-corrected chi connectivity index (χ3v) is 5.66. The normalized spacial score (nSPS) is 12.0. The van der Waals surface area contributed by atoms with Crippen LogP contribution in [0.3, 0.4) is 0 Å². The average Bonchev–Trinajstić information content (AvgIpc) is 2.36. The van der Waals surface area contributed by atoms with Crippen LogP contribution in [0.5, 0.6) is 0 Å². The number of carbonyl (C=O) groups is 2. The minimum absolute atomic E-state index is 0.154. The molecule has 0 aliphatic heterocycles. The lowest BCUT2D eigenvalue weighted by atomic mass is 10.1. The van der Waals surface area contributed by atoms with Crippen molar-refractivity contribution in [2.45, 2.75) is 25.5 Å². The molecule has 1 rings (SSSR count). The Kier molecular flexibility index (Phi) is 5.29. The van der Waals surface area contributed by atoms with Gasteiger partial charge in [0.05, 0.1) is 21.6 Å². The van der Waals surface area contributed by atoms with Gasteiger partial charge in [-0.2, -0.15) is 0 Å². The molecule has 0 saturated heterocycles. The Labute approximate surface area is 128 Å². The molecule has 22 heavy (non-hydrogen) atoms. The molecule has 0 bridgehead atoms. The molecular formula is C14H18FNO5S. The second-order valence-electron chi connectivity index (χ2n) is 5.69. The first-order valence-corrected chi connectivity index (χ1v) is 8.14. The maximum atomic E-state index is 13.7. The Bertz CT molecular complexity index is 692. The fourth-order valence-corrected chi connectivity index (χ4v) is 2.52. The van der Waals surface area contributed by atoms with Crippen LogP contribution < -0.4 is 5.32 Å². The first kappa shape index (κ1) is 18.1. The van der Waals surface area contributed by atoms with Gasteiger partial charge in [-0.15, -0.1) is 0 Å². The molecule has 2 N–H and O–H groups in total. The maximum Gasteiger partial charge on any atom is 0.335 e. The Hall–Kier alpha value is -1.96. The number of hydrogen-bond acceptors (Lipinski definition) is 4. The zero-order chi connectivity index (χ0) is 17.1. The van der Waals surface area contributed by atoms with Crippen molar-refractivity contribution in [2.24, 2.45) is 0 Å². The molecule has 6 nitrogen and oxygen atoms in total. The Balaban J connectivity index is 2.74. The topological polar surface area (TPSA) is 101 Å². The van der Waals surface area contributed by atoms with Crippen molar-refractivity contribution in [2.75, 3.05) is 12.3 Å². The molecule has 0 aliphatic carbocycles. The van der Waals surface area contributed by atoms with Gasteiger partial charge in [-0.05, 0) is 39.0 Å². The molecule has 0 aliphatic rings. The molecule has 122 valence electrons. The smallest absolute Gasteiger partial charge is 0.335 e. The molecule has 0 radical (unpaired) electrons. The zero-order valence-electron chi connectivity index (χ0n) is 12.5. The van der Waals surface area contributed by atoms with E-state index in [1.54, 1.807) is 20.8 Å². The van der Waals surface area contributed by atoms with Gasteiger partial charge >= 0.3 is 5.97 Å². The summed E-state index contributed by atoms with van der Waals surface area (Å²) in [5, 5.41) is 11.0. The molecular weight excluding hydrogens is 313 g/mol. The van der Waals surface area contributed by atoms with E-state index in [-0.39, 0.29) is 23.4 Å². The zero-order valence-corrected chi connectivity index (χ0v) is 13.3. The minimum atomic E-state index is -3.39. The number of carboxylic acids is 1. The number of carbonyl (C=O) groups excluding carboxylic acids is 1. The SMILES string of the molecule is CC(C)(C)S(=O)(=O)CCNC(=O)c1ccc(C(=O)O)cc1F. The number of sulfone groups is 1. The lowest BCUT2D eigenvalue weighted by molar-refractivity contribution is 0.0695. The van der Waals surface area contributed by atoms with Crippen molar-refractivity contribution >= 4 is 21.7 Å². The fourth-order valence-electron chi connectivity index (χ4n) is 1.53. The number of benzene rings is 1. The van der Waals surface area contributed by atoms with E-state index in [0.717, 1.165) is 18.2 Å². The average molecular weight is 331 g/mol. The number of halogens is 1. The van der Waals surface area contributed by atoms with E-state index in [2.05, 4.69) is 5.32 Å². The molecule has 0 saturated carbocycles. The van der Waals surface area contributed by atoms with Crippen LogP contribution in [0.15, 0.2) is 18.2 Å². The molecule has 8 heteroatoms. The van der Waals surface area contributed by atoms with Gasteiger partial charge in [0.25, 0.3) is 5.91 Å². The molecule has 0 fully saturated rings. The van der Waals surface area contributed by atoms with Gasteiger partial charge in [0.1, 0.15) is 5.82 Å². The largest absolute Gasteiger partial charge is 0.478 e. The van der Waals surface area contributed by atoms with Crippen LogP contribution in [-0.4, -0.2) is 42.4 Å². The summed E-state index contributed by atoms with van der Waals surface area (Å²) >= 11 is 0. The third kappa shape index (κ3) is 4.27. The summed E-state index contributed by atoms with van der Waals surface area (Å²) in [6.07, 6.45) is 0. The molecule has 0 unspecified atom stereocenters.